The molecule has 0 unspecified atom stereocenters. The van der Waals surface area contributed by atoms with Gasteiger partial charge in [0.2, 0.25) is 0 Å². The van der Waals surface area contributed by atoms with Crippen LogP contribution >= 0.6 is 11.6 Å². The molecule has 0 aliphatic rings. The van der Waals surface area contributed by atoms with Gasteiger partial charge in [-0.2, -0.15) is 0 Å². The lowest BCUT2D eigenvalue weighted by atomic mass is 10.0. The summed E-state index contributed by atoms with van der Waals surface area (Å²) < 4.78 is 4.60. The van der Waals surface area contributed by atoms with Crippen molar-refractivity contribution in [2.75, 3.05) is 7.11 Å². The molecule has 4 heteroatoms. The van der Waals surface area contributed by atoms with Crippen molar-refractivity contribution in [2.45, 2.75) is 26.2 Å². The van der Waals surface area contributed by atoms with Gasteiger partial charge in [-0.3, -0.25) is 0 Å². The standard InChI is InChI=1S/C14H17ClO3/c1-3-4-5-6-7-10-8-11(15)9-12(13(10)16)14(17)18-2/h4-5,8-9,16H,3,6-7H2,1-2H3/b5-4+. The molecule has 0 aliphatic heterocycles. The highest BCUT2D eigenvalue weighted by molar-refractivity contribution is 6.31. The molecule has 1 aromatic rings. The smallest absolute Gasteiger partial charge is 0.341 e. The Hall–Kier alpha value is -1.48. The van der Waals surface area contributed by atoms with Crippen molar-refractivity contribution in [1.29, 1.82) is 0 Å². The number of aryl methyl sites for hydroxylation is 1. The lowest BCUT2D eigenvalue weighted by Gasteiger charge is -2.08. The molecule has 1 aromatic carbocycles. The molecule has 1 N–H and O–H groups in total. The van der Waals surface area contributed by atoms with Crippen molar-refractivity contribution in [3.8, 4) is 5.75 Å². The molecule has 0 aliphatic carbocycles. The van der Waals surface area contributed by atoms with Crippen molar-refractivity contribution in [3.63, 3.8) is 0 Å². The lowest BCUT2D eigenvalue weighted by molar-refractivity contribution is 0.0597. The fourth-order valence-electron chi connectivity index (χ4n) is 1.64. The number of halogens is 1. The maximum Gasteiger partial charge on any atom is 0.341 e. The lowest BCUT2D eigenvalue weighted by Crippen LogP contribution is -2.03. The Morgan fingerprint density at radius 1 is 1.44 bits per heavy atom. The summed E-state index contributed by atoms with van der Waals surface area (Å²) in [5, 5.41) is 10.4. The van der Waals surface area contributed by atoms with Crippen molar-refractivity contribution in [1.82, 2.24) is 0 Å². The average Bonchev–Trinajstić information content (AvgIpc) is 2.37. The van der Waals surface area contributed by atoms with Gasteiger partial charge in [0.25, 0.3) is 0 Å². The fourth-order valence-corrected chi connectivity index (χ4v) is 1.88. The van der Waals surface area contributed by atoms with Crippen LogP contribution in [-0.4, -0.2) is 18.2 Å². The van der Waals surface area contributed by atoms with Gasteiger partial charge in [-0.15, -0.1) is 0 Å². The van der Waals surface area contributed by atoms with Crippen LogP contribution in [0.5, 0.6) is 5.75 Å². The number of hydrogen-bond acceptors (Lipinski definition) is 3. The quantitative estimate of drug-likeness (QED) is 0.654. The molecule has 1 rings (SSSR count). The van der Waals surface area contributed by atoms with E-state index in [9.17, 15) is 9.90 Å². The van der Waals surface area contributed by atoms with Gasteiger partial charge in [-0.1, -0.05) is 30.7 Å². The minimum absolute atomic E-state index is 0.0452. The van der Waals surface area contributed by atoms with Gasteiger partial charge < -0.3 is 9.84 Å². The van der Waals surface area contributed by atoms with Gasteiger partial charge in [0.15, 0.2) is 0 Å². The molecule has 0 bridgehead atoms. The van der Waals surface area contributed by atoms with E-state index in [1.807, 2.05) is 6.08 Å². The molecular formula is C14H17ClO3. The summed E-state index contributed by atoms with van der Waals surface area (Å²) in [6.07, 6.45) is 6.51. The van der Waals surface area contributed by atoms with E-state index in [1.165, 1.54) is 13.2 Å². The first-order valence-corrected chi connectivity index (χ1v) is 6.22. The monoisotopic (exact) mass is 268 g/mol. The van der Waals surface area contributed by atoms with Crippen molar-refractivity contribution < 1.29 is 14.6 Å². The Labute approximate surface area is 112 Å². The number of carbonyl (C=O) groups excluding carboxylic acids is 1. The fraction of sp³-hybridized carbons (Fsp3) is 0.357. The Morgan fingerprint density at radius 2 is 2.17 bits per heavy atom. The van der Waals surface area contributed by atoms with Crippen LogP contribution in [0.3, 0.4) is 0 Å². The first-order valence-electron chi connectivity index (χ1n) is 5.84. The minimum atomic E-state index is -0.583. The number of esters is 1. The Balaban J connectivity index is 2.94. The maximum atomic E-state index is 11.5. The van der Waals surface area contributed by atoms with E-state index in [0.29, 0.717) is 17.0 Å². The van der Waals surface area contributed by atoms with E-state index in [0.717, 1.165) is 12.8 Å². The minimum Gasteiger partial charge on any atom is -0.507 e. The van der Waals surface area contributed by atoms with Crippen LogP contribution in [0, 0.1) is 0 Å². The summed E-state index contributed by atoms with van der Waals surface area (Å²) in [6, 6.07) is 3.08. The van der Waals surface area contributed by atoms with Crippen LogP contribution < -0.4 is 0 Å². The molecule has 0 aromatic heterocycles. The van der Waals surface area contributed by atoms with E-state index < -0.39 is 5.97 Å². The average molecular weight is 269 g/mol. The molecule has 0 radical (unpaired) electrons. The van der Waals surface area contributed by atoms with E-state index in [2.05, 4.69) is 17.7 Å². The molecule has 0 atom stereocenters. The van der Waals surface area contributed by atoms with Gasteiger partial charge >= 0.3 is 5.97 Å². The summed E-state index contributed by atoms with van der Waals surface area (Å²) in [7, 11) is 1.27. The van der Waals surface area contributed by atoms with E-state index in [4.69, 9.17) is 11.6 Å². The third-order valence-electron chi connectivity index (χ3n) is 2.54. The normalized spacial score (nSPS) is 10.8. The number of hydrogen-bond donors (Lipinski definition) is 1. The highest BCUT2D eigenvalue weighted by Crippen LogP contribution is 2.28. The zero-order valence-electron chi connectivity index (χ0n) is 10.6. The molecule has 0 amide bonds. The maximum absolute atomic E-state index is 11.5. The molecule has 98 valence electrons. The second-order valence-corrected chi connectivity index (χ2v) is 4.31. The highest BCUT2D eigenvalue weighted by Gasteiger charge is 2.15. The summed E-state index contributed by atoms with van der Waals surface area (Å²) in [5.41, 5.74) is 0.767. The number of rotatable bonds is 5. The summed E-state index contributed by atoms with van der Waals surface area (Å²) >= 11 is 5.93. The molecule has 0 saturated heterocycles. The van der Waals surface area contributed by atoms with Gasteiger partial charge in [-0.05, 0) is 37.0 Å². The topological polar surface area (TPSA) is 46.5 Å². The number of allylic oxidation sites excluding steroid dienone is 2. The van der Waals surface area contributed by atoms with Crippen LogP contribution in [0.4, 0.5) is 0 Å². The van der Waals surface area contributed by atoms with E-state index in [1.54, 1.807) is 6.07 Å². The number of benzene rings is 1. The third kappa shape index (κ3) is 3.77. The highest BCUT2D eigenvalue weighted by atomic mass is 35.5. The Bertz CT molecular complexity index is 453. The Morgan fingerprint density at radius 3 is 2.78 bits per heavy atom. The van der Waals surface area contributed by atoms with Crippen LogP contribution in [-0.2, 0) is 11.2 Å². The molecule has 0 fully saturated rings. The number of ether oxygens (including phenoxy) is 1. The van der Waals surface area contributed by atoms with E-state index in [-0.39, 0.29) is 11.3 Å². The number of methoxy groups -OCH3 is 1. The summed E-state index contributed by atoms with van der Waals surface area (Å²) in [5.74, 6) is -0.628. The predicted molar refractivity (Wildman–Crippen MR) is 72.2 cm³/mol. The second-order valence-electron chi connectivity index (χ2n) is 3.87. The zero-order chi connectivity index (χ0) is 13.5. The summed E-state index contributed by atoms with van der Waals surface area (Å²) in [4.78, 5) is 11.5. The van der Waals surface area contributed by atoms with E-state index >= 15 is 0 Å². The van der Waals surface area contributed by atoms with Gasteiger partial charge in [0.05, 0.1) is 7.11 Å². The van der Waals surface area contributed by atoms with Crippen molar-refractivity contribution in [3.05, 3.63) is 40.4 Å². The van der Waals surface area contributed by atoms with Crippen LogP contribution in [0.25, 0.3) is 0 Å². The van der Waals surface area contributed by atoms with Crippen LogP contribution in [0.1, 0.15) is 35.7 Å². The second kappa shape index (κ2) is 7.07. The van der Waals surface area contributed by atoms with Gasteiger partial charge in [0, 0.05) is 5.02 Å². The SMILES string of the molecule is CC/C=C/CCc1cc(Cl)cc(C(=O)OC)c1O. The number of phenols is 1. The number of phenolic OH excluding ortho intramolecular Hbond substituents is 1. The van der Waals surface area contributed by atoms with Crippen molar-refractivity contribution >= 4 is 17.6 Å². The predicted octanol–water partition coefficient (Wildman–Crippen LogP) is 3.73. The molecule has 0 heterocycles. The molecule has 0 spiro atoms. The Kier molecular flexibility index (Phi) is 5.72. The van der Waals surface area contributed by atoms with Crippen LogP contribution in [0.15, 0.2) is 24.3 Å². The van der Waals surface area contributed by atoms with Crippen molar-refractivity contribution in [2.24, 2.45) is 0 Å². The van der Waals surface area contributed by atoms with Gasteiger partial charge in [0.1, 0.15) is 11.3 Å². The largest absolute Gasteiger partial charge is 0.507 e. The number of aromatic hydroxyl groups is 1. The third-order valence-corrected chi connectivity index (χ3v) is 2.76. The first-order chi connectivity index (χ1) is 8.60. The molecular weight excluding hydrogens is 252 g/mol. The first kappa shape index (κ1) is 14.6. The summed E-state index contributed by atoms with van der Waals surface area (Å²) in [6.45, 7) is 2.06. The zero-order valence-corrected chi connectivity index (χ0v) is 11.3. The molecule has 18 heavy (non-hydrogen) atoms. The van der Waals surface area contributed by atoms with Crippen LogP contribution in [0.2, 0.25) is 5.02 Å². The molecule has 3 nitrogen and oxygen atoms in total. The van der Waals surface area contributed by atoms with Gasteiger partial charge in [-0.25, -0.2) is 4.79 Å². The number of carbonyl (C=O) groups is 1. The molecule has 0 saturated carbocycles.